The zero-order valence-corrected chi connectivity index (χ0v) is 21.3. The van der Waals surface area contributed by atoms with Gasteiger partial charge in [0.15, 0.2) is 0 Å². The number of methoxy groups -OCH3 is 1. The third kappa shape index (κ3) is 3.51. The summed E-state index contributed by atoms with van der Waals surface area (Å²) in [4.78, 5) is 41.8. The molecule has 0 radical (unpaired) electrons. The molecule has 1 aliphatic heterocycles. The van der Waals surface area contributed by atoms with Crippen LogP contribution < -0.4 is 11.3 Å². The fraction of sp³-hybridized carbons (Fsp3) is 0.545. The number of nitrogens with two attached hydrogens (primary N) is 1. The molecular formula is C22H27ClN4O8S. The largest absolute Gasteiger partial charge is 0.469 e. The van der Waals surface area contributed by atoms with Crippen molar-refractivity contribution < 1.29 is 27.9 Å². The number of hydrogen-bond acceptors (Lipinski definition) is 9. The standard InChI is InChI=1S/C22H26N4O8S.ClH/c1-13-8-25(19-21(12-34-26(29)30)10-22(19,11-21)20(28)33-2)18(27)15-4-3-5-16(17(13)15)35(31,32)24-7-6-14(23)9-24;/h3-5,8,14,19H,6-7,9-12,23H2,1-2H3;1H/t14?,19-,21?,22?;/m0./s1. The molecule has 1 aromatic heterocycles. The van der Waals surface area contributed by atoms with Gasteiger partial charge in [0.2, 0.25) is 10.0 Å². The SMILES string of the molecule is COC(=O)C12CC(CO[N+](=O)[O-])(C1)[C@@H]2n1cc(C)c2c(S(=O)(=O)N3CCC(N)C3)cccc2c1=O.Cl. The number of nitrogens with zero attached hydrogens (tertiary/aromatic N) is 3. The van der Waals surface area contributed by atoms with Crippen LogP contribution in [0.15, 0.2) is 34.1 Å². The number of fused-ring (bicyclic) bond motifs is 1. The van der Waals surface area contributed by atoms with Crippen LogP contribution in [-0.4, -0.2) is 61.2 Å². The van der Waals surface area contributed by atoms with E-state index in [2.05, 4.69) is 4.84 Å². The number of aromatic nitrogens is 1. The van der Waals surface area contributed by atoms with Crippen LogP contribution >= 0.6 is 12.4 Å². The highest BCUT2D eigenvalue weighted by molar-refractivity contribution is 7.89. The minimum atomic E-state index is -3.89. The van der Waals surface area contributed by atoms with Crippen molar-refractivity contribution in [3.63, 3.8) is 0 Å². The maximum Gasteiger partial charge on any atom is 0.313 e. The molecule has 0 amide bonds. The highest BCUT2D eigenvalue weighted by Gasteiger charge is 2.80. The van der Waals surface area contributed by atoms with Gasteiger partial charge < -0.3 is 19.9 Å². The molecule has 1 saturated heterocycles. The molecule has 2 bridgehead atoms. The average molecular weight is 543 g/mol. The minimum absolute atomic E-state index is 0. The zero-order valence-electron chi connectivity index (χ0n) is 19.7. The summed E-state index contributed by atoms with van der Waals surface area (Å²) in [6.45, 7) is 1.95. The predicted octanol–water partition coefficient (Wildman–Crippen LogP) is 1.16. The number of carbonyl (C=O) groups excluding carboxylic acids is 1. The van der Waals surface area contributed by atoms with Crippen molar-refractivity contribution in [3.05, 3.63) is 50.4 Å². The molecule has 4 aliphatic rings. The molecule has 1 aromatic carbocycles. The summed E-state index contributed by atoms with van der Waals surface area (Å²) < 4.78 is 34.5. The molecule has 36 heavy (non-hydrogen) atoms. The van der Waals surface area contributed by atoms with E-state index in [1.165, 1.54) is 34.3 Å². The van der Waals surface area contributed by atoms with Crippen LogP contribution in [0.2, 0.25) is 0 Å². The molecule has 2 N–H and O–H groups in total. The van der Waals surface area contributed by atoms with Crippen molar-refractivity contribution in [1.82, 2.24) is 8.87 Å². The van der Waals surface area contributed by atoms with Gasteiger partial charge >= 0.3 is 5.97 Å². The summed E-state index contributed by atoms with van der Waals surface area (Å²) in [6, 6.07) is 3.59. The third-order valence-electron chi connectivity index (χ3n) is 7.79. The van der Waals surface area contributed by atoms with Crippen LogP contribution in [-0.2, 0) is 24.4 Å². The first kappa shape index (κ1) is 26.3. The molecule has 3 saturated carbocycles. The Kier molecular flexibility index (Phi) is 6.35. The zero-order chi connectivity index (χ0) is 25.3. The van der Waals surface area contributed by atoms with Crippen molar-refractivity contribution in [2.24, 2.45) is 16.6 Å². The van der Waals surface area contributed by atoms with Gasteiger partial charge in [-0.1, -0.05) is 6.07 Å². The van der Waals surface area contributed by atoms with Crippen molar-refractivity contribution in [1.29, 1.82) is 0 Å². The lowest BCUT2D eigenvalue weighted by molar-refractivity contribution is -0.764. The number of pyridine rings is 1. The van der Waals surface area contributed by atoms with Gasteiger partial charge in [-0.05, 0) is 43.9 Å². The van der Waals surface area contributed by atoms with Crippen LogP contribution in [0.5, 0.6) is 0 Å². The molecule has 0 spiro atoms. The number of rotatable bonds is 7. The Labute approximate surface area is 212 Å². The minimum Gasteiger partial charge on any atom is -0.469 e. The van der Waals surface area contributed by atoms with E-state index >= 15 is 0 Å². The van der Waals surface area contributed by atoms with E-state index in [0.717, 1.165) is 0 Å². The van der Waals surface area contributed by atoms with Gasteiger partial charge in [0.25, 0.3) is 10.6 Å². The van der Waals surface area contributed by atoms with Crippen LogP contribution in [0.3, 0.4) is 0 Å². The van der Waals surface area contributed by atoms with Gasteiger partial charge in [0.1, 0.15) is 6.61 Å². The quantitative estimate of drug-likeness (QED) is 0.307. The molecule has 3 aliphatic carbocycles. The van der Waals surface area contributed by atoms with Gasteiger partial charge in [-0.15, -0.1) is 22.5 Å². The molecule has 2 aromatic rings. The second-order valence-corrected chi connectivity index (χ2v) is 11.8. The molecule has 2 atom stereocenters. The van der Waals surface area contributed by atoms with Crippen molar-refractivity contribution >= 4 is 39.2 Å². The number of carbonyl (C=O) groups is 1. The second-order valence-electron chi connectivity index (χ2n) is 9.88. The normalized spacial score (nSPS) is 29.1. The van der Waals surface area contributed by atoms with E-state index in [0.29, 0.717) is 36.8 Å². The Balaban J connectivity index is 0.00000304. The molecule has 196 valence electrons. The van der Waals surface area contributed by atoms with E-state index < -0.39 is 43.5 Å². The van der Waals surface area contributed by atoms with E-state index in [4.69, 9.17) is 10.5 Å². The number of benzene rings is 1. The first-order valence-electron chi connectivity index (χ1n) is 11.2. The molecule has 12 nitrogen and oxygen atoms in total. The predicted molar refractivity (Wildman–Crippen MR) is 130 cm³/mol. The van der Waals surface area contributed by atoms with Crippen LogP contribution in [0.4, 0.5) is 0 Å². The lowest BCUT2D eigenvalue weighted by Gasteiger charge is -2.73. The summed E-state index contributed by atoms with van der Waals surface area (Å²) in [7, 11) is -2.63. The summed E-state index contributed by atoms with van der Waals surface area (Å²) in [5.41, 5.74) is 4.22. The van der Waals surface area contributed by atoms with Gasteiger partial charge in [-0.2, -0.15) is 4.31 Å². The second kappa shape index (κ2) is 8.68. The van der Waals surface area contributed by atoms with Crippen LogP contribution in [0, 0.1) is 27.9 Å². The Morgan fingerprint density at radius 2 is 2.03 bits per heavy atom. The number of esters is 1. The Bertz CT molecular complexity index is 1420. The summed E-state index contributed by atoms with van der Waals surface area (Å²) in [5, 5.41) is 10.4. The first-order chi connectivity index (χ1) is 16.5. The Morgan fingerprint density at radius 3 is 2.61 bits per heavy atom. The number of sulfonamides is 1. The number of aryl methyl sites for hydroxylation is 1. The fourth-order valence-corrected chi connectivity index (χ4v) is 8.19. The number of ether oxygens (including phenoxy) is 1. The smallest absolute Gasteiger partial charge is 0.313 e. The first-order valence-corrected chi connectivity index (χ1v) is 12.7. The molecule has 1 unspecified atom stereocenters. The molecule has 4 fully saturated rings. The van der Waals surface area contributed by atoms with Gasteiger partial charge in [-0.25, -0.2) is 8.42 Å². The average Bonchev–Trinajstić information content (AvgIpc) is 3.22. The van der Waals surface area contributed by atoms with E-state index in [1.54, 1.807) is 13.0 Å². The lowest BCUT2D eigenvalue weighted by Crippen LogP contribution is -2.76. The van der Waals surface area contributed by atoms with E-state index in [1.807, 2.05) is 0 Å². The van der Waals surface area contributed by atoms with Gasteiger partial charge in [0.05, 0.1) is 23.5 Å². The summed E-state index contributed by atoms with van der Waals surface area (Å²) in [5.74, 6) is -0.489. The maximum absolute atomic E-state index is 13.7. The number of hydrogen-bond donors (Lipinski definition) is 1. The van der Waals surface area contributed by atoms with E-state index in [-0.39, 0.29) is 41.9 Å². The fourth-order valence-electron chi connectivity index (χ4n) is 6.40. The molecule has 14 heteroatoms. The topological polar surface area (TPSA) is 164 Å². The monoisotopic (exact) mass is 542 g/mol. The maximum atomic E-state index is 13.7. The van der Waals surface area contributed by atoms with Crippen molar-refractivity contribution in [3.8, 4) is 0 Å². The van der Waals surface area contributed by atoms with Crippen LogP contribution in [0.25, 0.3) is 10.8 Å². The Hall–Kier alpha value is -2.74. The van der Waals surface area contributed by atoms with Crippen molar-refractivity contribution in [2.75, 3.05) is 26.8 Å². The van der Waals surface area contributed by atoms with Gasteiger partial charge in [0, 0.05) is 41.5 Å². The van der Waals surface area contributed by atoms with Gasteiger partial charge in [-0.3, -0.25) is 9.59 Å². The molecule has 6 rings (SSSR count). The molecule has 2 heterocycles. The summed E-state index contributed by atoms with van der Waals surface area (Å²) >= 11 is 0. The Morgan fingerprint density at radius 1 is 1.33 bits per heavy atom. The van der Waals surface area contributed by atoms with Crippen LogP contribution in [0.1, 0.15) is 30.9 Å². The third-order valence-corrected chi connectivity index (χ3v) is 9.70. The van der Waals surface area contributed by atoms with Crippen molar-refractivity contribution in [2.45, 2.75) is 43.2 Å². The highest BCUT2D eigenvalue weighted by Crippen LogP contribution is 2.79. The lowest BCUT2D eigenvalue weighted by atomic mass is 9.32. The highest BCUT2D eigenvalue weighted by atomic mass is 35.5. The van der Waals surface area contributed by atoms with E-state index in [9.17, 15) is 28.1 Å². The molecular weight excluding hydrogens is 516 g/mol. The summed E-state index contributed by atoms with van der Waals surface area (Å²) in [6.07, 6.45) is 2.69. The number of halogens is 1.